The number of nitrogens with zero attached hydrogens (tertiary/aromatic N) is 2. The molecule has 0 radical (unpaired) electrons. The minimum Gasteiger partial charge on any atom is -0.496 e. The van der Waals surface area contributed by atoms with Crippen molar-refractivity contribution in [1.82, 2.24) is 10.6 Å². The number of likely N-dealkylation sites (N-methyl/N-ethyl adjacent to an activating group) is 1. The van der Waals surface area contributed by atoms with Crippen molar-refractivity contribution in [3.63, 3.8) is 0 Å². The molecule has 236 valence electrons. The third-order valence-corrected chi connectivity index (χ3v) is 8.50. The second-order valence-electron chi connectivity index (χ2n) is 10.8. The topological polar surface area (TPSA) is 111 Å². The number of ether oxygens (including phenoxy) is 1. The summed E-state index contributed by atoms with van der Waals surface area (Å²) in [5, 5.41) is 17.6. The van der Waals surface area contributed by atoms with Crippen molar-refractivity contribution in [3.8, 4) is 5.75 Å². The van der Waals surface area contributed by atoms with E-state index in [9.17, 15) is 19.5 Å². The zero-order valence-corrected chi connectivity index (χ0v) is 27.8. The number of aliphatic hydroxyl groups is 1. The van der Waals surface area contributed by atoms with Crippen molar-refractivity contribution < 1.29 is 24.2 Å². The van der Waals surface area contributed by atoms with Gasteiger partial charge < -0.3 is 30.3 Å². The molecule has 1 aliphatic heterocycles. The number of carbonyl (C=O) groups excluding carboxylic acids is 3. The average molecular weight is 696 g/mol. The van der Waals surface area contributed by atoms with Crippen LogP contribution in [0.15, 0.2) is 83.3 Å². The van der Waals surface area contributed by atoms with Gasteiger partial charge in [-0.2, -0.15) is 0 Å². The van der Waals surface area contributed by atoms with Gasteiger partial charge in [0, 0.05) is 15.6 Å². The second kappa shape index (κ2) is 14.4. The fourth-order valence-corrected chi connectivity index (χ4v) is 5.77. The third-order valence-electron chi connectivity index (χ3n) is 8.01. The summed E-state index contributed by atoms with van der Waals surface area (Å²) in [7, 11) is 3.26. The zero-order valence-electron chi connectivity index (χ0n) is 25.4. The van der Waals surface area contributed by atoms with Gasteiger partial charge in [0.1, 0.15) is 11.8 Å². The third kappa shape index (κ3) is 6.99. The number of benzene rings is 4. The van der Waals surface area contributed by atoms with Gasteiger partial charge in [0.05, 0.1) is 43.7 Å². The number of nitrogens with one attached hydrogen (secondary N) is 2. The molecule has 0 spiro atoms. The van der Waals surface area contributed by atoms with Crippen LogP contribution in [0.4, 0.5) is 11.4 Å². The van der Waals surface area contributed by atoms with E-state index in [2.05, 4.69) is 26.6 Å². The average Bonchev–Trinajstić information content (AvgIpc) is 3.14. The summed E-state index contributed by atoms with van der Waals surface area (Å²) in [5.41, 5.74) is 2.93. The molecule has 0 fully saturated rings. The van der Waals surface area contributed by atoms with Gasteiger partial charge in [-0.25, -0.2) is 0 Å². The van der Waals surface area contributed by atoms with Gasteiger partial charge in [0.2, 0.25) is 5.91 Å². The Labute approximate surface area is 277 Å². The minimum absolute atomic E-state index is 0. The van der Waals surface area contributed by atoms with Crippen molar-refractivity contribution in [2.24, 2.45) is 0 Å². The smallest absolute Gasteiger partial charge is 0.258 e. The van der Waals surface area contributed by atoms with Gasteiger partial charge in [-0.3, -0.25) is 14.4 Å². The molecule has 9 nitrogen and oxygen atoms in total. The van der Waals surface area contributed by atoms with E-state index in [0.29, 0.717) is 28.3 Å². The number of aliphatic hydroxyl groups excluding tert-OH is 1. The van der Waals surface area contributed by atoms with Gasteiger partial charge in [0.15, 0.2) is 0 Å². The molecular weight excluding hydrogens is 660 g/mol. The molecule has 3 unspecified atom stereocenters. The molecule has 0 aromatic heterocycles. The Kier molecular flexibility index (Phi) is 10.9. The number of carbonyl (C=O) groups is 3. The first-order chi connectivity index (χ1) is 21.1. The van der Waals surface area contributed by atoms with E-state index >= 15 is 0 Å². The molecule has 5 rings (SSSR count). The first kappa shape index (κ1) is 33.9. The number of hydrogen-bond donors (Lipinski definition) is 3. The monoisotopic (exact) mass is 694 g/mol. The van der Waals surface area contributed by atoms with Crippen LogP contribution in [0.1, 0.15) is 41.4 Å². The summed E-state index contributed by atoms with van der Waals surface area (Å²) in [5.74, 6) is -0.439. The van der Waals surface area contributed by atoms with Crippen LogP contribution in [0.5, 0.6) is 5.75 Å². The Morgan fingerprint density at radius 1 is 1.02 bits per heavy atom. The van der Waals surface area contributed by atoms with Crippen molar-refractivity contribution in [3.05, 3.63) is 100 Å². The predicted molar refractivity (Wildman–Crippen MR) is 182 cm³/mol. The van der Waals surface area contributed by atoms with Gasteiger partial charge in [-0.15, -0.1) is 12.4 Å². The first-order valence-electron chi connectivity index (χ1n) is 14.4. The van der Waals surface area contributed by atoms with Crippen LogP contribution < -0.4 is 25.2 Å². The quantitative estimate of drug-likeness (QED) is 0.229. The normalized spacial score (nSPS) is 15.9. The summed E-state index contributed by atoms with van der Waals surface area (Å²) < 4.78 is 6.68. The summed E-state index contributed by atoms with van der Waals surface area (Å²) in [6, 6.07) is 22.1. The molecular formula is C34H36BrClN4O5. The Bertz CT molecular complexity index is 1720. The van der Waals surface area contributed by atoms with Crippen LogP contribution in [0.2, 0.25) is 0 Å². The van der Waals surface area contributed by atoms with E-state index in [-0.39, 0.29) is 43.2 Å². The number of amides is 3. The Morgan fingerprint density at radius 3 is 2.36 bits per heavy atom. The Morgan fingerprint density at radius 2 is 1.71 bits per heavy atom. The number of fused-ring (bicyclic) bond motifs is 2. The molecule has 4 aromatic carbocycles. The van der Waals surface area contributed by atoms with Crippen LogP contribution in [0.25, 0.3) is 10.8 Å². The van der Waals surface area contributed by atoms with E-state index in [1.165, 1.54) is 4.90 Å². The molecule has 0 saturated carbocycles. The standard InChI is InChI=1S/C34H35BrN4O5.ClH/c1-20(36-3)32(41)37-28-19-39(33(42)23-11-9-22(10-12-23)21(2)40)30-8-6-5-7-29(30)38(34(28)43)18-27-26-15-14-25(35)17-24(26)13-16-31(27)44-4;/h5-17,20-21,28,36,40H,18-19H2,1-4H3,(H,37,41);1H. The van der Waals surface area contributed by atoms with Gasteiger partial charge in [0.25, 0.3) is 11.8 Å². The van der Waals surface area contributed by atoms with Crippen molar-refractivity contribution in [2.45, 2.75) is 38.6 Å². The van der Waals surface area contributed by atoms with Crippen molar-refractivity contribution in [2.75, 3.05) is 30.5 Å². The highest BCUT2D eigenvalue weighted by Gasteiger charge is 2.38. The highest BCUT2D eigenvalue weighted by molar-refractivity contribution is 9.10. The lowest BCUT2D eigenvalue weighted by Gasteiger charge is -2.27. The fraction of sp³-hybridized carbons (Fsp3) is 0.265. The highest BCUT2D eigenvalue weighted by atomic mass is 79.9. The number of hydrogen-bond acceptors (Lipinski definition) is 6. The van der Waals surface area contributed by atoms with E-state index in [0.717, 1.165) is 20.8 Å². The number of halogens is 2. The molecule has 3 amide bonds. The lowest BCUT2D eigenvalue weighted by molar-refractivity contribution is -0.128. The molecule has 3 atom stereocenters. The molecule has 0 saturated heterocycles. The fourth-order valence-electron chi connectivity index (χ4n) is 5.39. The van der Waals surface area contributed by atoms with Crippen LogP contribution >= 0.6 is 28.3 Å². The van der Waals surface area contributed by atoms with Gasteiger partial charge >= 0.3 is 0 Å². The van der Waals surface area contributed by atoms with Gasteiger partial charge in [-0.1, -0.05) is 52.3 Å². The van der Waals surface area contributed by atoms with Crippen molar-refractivity contribution >= 4 is 68.2 Å². The maximum atomic E-state index is 14.4. The minimum atomic E-state index is -1.04. The zero-order chi connectivity index (χ0) is 31.5. The molecule has 4 aromatic rings. The number of rotatable bonds is 8. The number of para-hydroxylation sites is 2. The summed E-state index contributed by atoms with van der Waals surface area (Å²) in [4.78, 5) is 44.8. The van der Waals surface area contributed by atoms with Crippen molar-refractivity contribution in [1.29, 1.82) is 0 Å². The summed E-state index contributed by atoms with van der Waals surface area (Å²) >= 11 is 3.54. The molecule has 0 bridgehead atoms. The number of methoxy groups -OCH3 is 1. The van der Waals surface area contributed by atoms with E-state index in [4.69, 9.17) is 4.74 Å². The summed E-state index contributed by atoms with van der Waals surface area (Å²) in [6.45, 7) is 3.42. The number of anilines is 2. The highest BCUT2D eigenvalue weighted by Crippen LogP contribution is 2.38. The molecule has 1 heterocycles. The summed E-state index contributed by atoms with van der Waals surface area (Å²) in [6.07, 6.45) is -0.676. The molecule has 45 heavy (non-hydrogen) atoms. The van der Waals surface area contributed by atoms with E-state index in [1.807, 2.05) is 42.5 Å². The van der Waals surface area contributed by atoms with E-state index in [1.54, 1.807) is 69.3 Å². The van der Waals surface area contributed by atoms with Crippen LogP contribution in [-0.4, -0.2) is 55.6 Å². The second-order valence-corrected chi connectivity index (χ2v) is 11.7. The molecule has 1 aliphatic rings. The lowest BCUT2D eigenvalue weighted by Crippen LogP contribution is -2.55. The SMILES string of the molecule is CNC(C)C(=O)NC1CN(C(=O)c2ccc(C(C)O)cc2)c2ccccc2N(Cc2c(OC)ccc3cc(Br)ccc23)C1=O.Cl. The predicted octanol–water partition coefficient (Wildman–Crippen LogP) is 5.37. The molecule has 0 aliphatic carbocycles. The van der Waals surface area contributed by atoms with Crippen LogP contribution in [0, 0.1) is 0 Å². The largest absolute Gasteiger partial charge is 0.496 e. The first-order valence-corrected chi connectivity index (χ1v) is 15.1. The maximum absolute atomic E-state index is 14.4. The van der Waals surface area contributed by atoms with E-state index < -0.39 is 18.2 Å². The lowest BCUT2D eigenvalue weighted by atomic mass is 10.0. The molecule has 11 heteroatoms. The maximum Gasteiger partial charge on any atom is 0.258 e. The van der Waals surface area contributed by atoms with Gasteiger partial charge in [-0.05, 0) is 79.7 Å². The Hall–Kier alpha value is -3.96. The molecule has 3 N–H and O–H groups in total. The van der Waals surface area contributed by atoms with Crippen LogP contribution in [-0.2, 0) is 16.1 Å². The Balaban J connectivity index is 0.00000461. The van der Waals surface area contributed by atoms with Crippen LogP contribution in [0.3, 0.4) is 0 Å².